The van der Waals surface area contributed by atoms with Crippen LogP contribution in [0.25, 0.3) is 0 Å². The molecule has 0 heterocycles. The predicted octanol–water partition coefficient (Wildman–Crippen LogP) is 0.823. The summed E-state index contributed by atoms with van der Waals surface area (Å²) in [5.41, 5.74) is 0. The summed E-state index contributed by atoms with van der Waals surface area (Å²) in [6.07, 6.45) is 0.468. The molecule has 74 valence electrons. The normalized spacial score (nSPS) is 9.23. The summed E-state index contributed by atoms with van der Waals surface area (Å²) >= 11 is 1.41. The number of thioether (sulfide) groups is 1. The zero-order valence-corrected chi connectivity index (χ0v) is 8.43. The molecule has 0 saturated heterocycles. The van der Waals surface area contributed by atoms with E-state index in [1.54, 1.807) is 7.11 Å². The van der Waals surface area contributed by atoms with Gasteiger partial charge < -0.3 is 9.47 Å². The fourth-order valence-electron chi connectivity index (χ4n) is 0.554. The van der Waals surface area contributed by atoms with Crippen molar-refractivity contribution in [3.63, 3.8) is 0 Å². The summed E-state index contributed by atoms with van der Waals surface area (Å²) in [5, 5.41) is 8.21. The molecule has 0 atom stereocenters. The van der Waals surface area contributed by atoms with Crippen molar-refractivity contribution in [2.24, 2.45) is 0 Å². The molecule has 0 aliphatic heterocycles. The van der Waals surface area contributed by atoms with E-state index in [-0.39, 0.29) is 5.97 Å². The van der Waals surface area contributed by atoms with Crippen LogP contribution in [0.4, 0.5) is 0 Å². The molecule has 0 aromatic carbocycles. The van der Waals surface area contributed by atoms with Gasteiger partial charge in [0.2, 0.25) is 0 Å². The first-order valence-corrected chi connectivity index (χ1v) is 5.06. The number of carbonyl (C=O) groups excluding carboxylic acids is 1. The zero-order chi connectivity index (χ0) is 9.94. The maximum absolute atomic E-state index is 10.9. The topological polar surface area (TPSA) is 59.3 Å². The first kappa shape index (κ1) is 12.3. The van der Waals surface area contributed by atoms with E-state index >= 15 is 0 Å². The van der Waals surface area contributed by atoms with Crippen LogP contribution in [-0.2, 0) is 14.3 Å². The van der Waals surface area contributed by atoms with Gasteiger partial charge in [-0.2, -0.15) is 5.26 Å². The van der Waals surface area contributed by atoms with Crippen LogP contribution in [-0.4, -0.2) is 37.8 Å². The molecule has 0 aliphatic carbocycles. The van der Waals surface area contributed by atoms with Crippen LogP contribution in [0.15, 0.2) is 0 Å². The van der Waals surface area contributed by atoms with Crippen LogP contribution in [0.2, 0.25) is 0 Å². The number of methoxy groups -OCH3 is 1. The summed E-state index contributed by atoms with van der Waals surface area (Å²) < 4.78 is 9.50. The number of nitriles is 1. The Hall–Kier alpha value is -0.730. The lowest BCUT2D eigenvalue weighted by atomic mass is 10.6. The maximum atomic E-state index is 10.9. The van der Waals surface area contributed by atoms with E-state index in [0.29, 0.717) is 31.1 Å². The van der Waals surface area contributed by atoms with Gasteiger partial charge in [0.25, 0.3) is 0 Å². The molecule has 5 heteroatoms. The largest absolute Gasteiger partial charge is 0.463 e. The van der Waals surface area contributed by atoms with Crippen LogP contribution in [0.1, 0.15) is 6.42 Å². The van der Waals surface area contributed by atoms with Crippen LogP contribution < -0.4 is 0 Å². The Morgan fingerprint density at radius 3 is 2.92 bits per heavy atom. The van der Waals surface area contributed by atoms with Crippen molar-refractivity contribution in [3.8, 4) is 6.07 Å². The Bertz CT molecular complexity index is 179. The molecule has 0 unspecified atom stereocenters. The van der Waals surface area contributed by atoms with Crippen LogP contribution in [0.5, 0.6) is 0 Å². The molecule has 0 N–H and O–H groups in total. The molecule has 0 rings (SSSR count). The summed E-state index contributed by atoms with van der Waals surface area (Å²) in [6.45, 7) is 0.725. The minimum Gasteiger partial charge on any atom is -0.463 e. The molecule has 0 aromatic rings. The van der Waals surface area contributed by atoms with Crippen LogP contribution >= 0.6 is 11.8 Å². The molecule has 0 amide bonds. The van der Waals surface area contributed by atoms with Gasteiger partial charge in [0, 0.05) is 19.3 Å². The van der Waals surface area contributed by atoms with Gasteiger partial charge in [-0.3, -0.25) is 4.79 Å². The summed E-state index contributed by atoms with van der Waals surface area (Å²) in [5.74, 6) is 0.737. The van der Waals surface area contributed by atoms with E-state index < -0.39 is 0 Å². The van der Waals surface area contributed by atoms with E-state index in [1.165, 1.54) is 11.8 Å². The van der Waals surface area contributed by atoms with Gasteiger partial charge in [0.05, 0.1) is 18.4 Å². The highest BCUT2D eigenvalue weighted by Gasteiger charge is 2.01. The van der Waals surface area contributed by atoms with Crippen molar-refractivity contribution in [1.82, 2.24) is 0 Å². The molecule has 4 nitrogen and oxygen atoms in total. The highest BCUT2D eigenvalue weighted by atomic mass is 32.2. The van der Waals surface area contributed by atoms with Crippen molar-refractivity contribution in [1.29, 1.82) is 5.26 Å². The Kier molecular flexibility index (Phi) is 8.83. The Labute approximate surface area is 82.2 Å². The second-order valence-electron chi connectivity index (χ2n) is 2.17. The zero-order valence-electron chi connectivity index (χ0n) is 7.62. The number of hydrogen-bond donors (Lipinski definition) is 0. The molecule has 0 radical (unpaired) electrons. The summed E-state index contributed by atoms with van der Waals surface area (Å²) in [7, 11) is 1.55. The van der Waals surface area contributed by atoms with Crippen molar-refractivity contribution < 1.29 is 14.3 Å². The Balaban J connectivity index is 3.16. The Morgan fingerprint density at radius 2 is 2.31 bits per heavy atom. The maximum Gasteiger partial charge on any atom is 0.315 e. The molecule has 0 fully saturated rings. The Morgan fingerprint density at radius 1 is 1.54 bits per heavy atom. The quantitative estimate of drug-likeness (QED) is 0.453. The molecular formula is C8H13NO3S. The van der Waals surface area contributed by atoms with Gasteiger partial charge in [-0.25, -0.2) is 0 Å². The molecule has 0 bridgehead atoms. The van der Waals surface area contributed by atoms with Crippen molar-refractivity contribution >= 4 is 17.7 Å². The van der Waals surface area contributed by atoms with Crippen LogP contribution in [0, 0.1) is 11.3 Å². The molecule has 0 aromatic heterocycles. The van der Waals surface area contributed by atoms with Gasteiger partial charge >= 0.3 is 5.97 Å². The van der Waals surface area contributed by atoms with Gasteiger partial charge in [0.1, 0.15) is 6.61 Å². The lowest BCUT2D eigenvalue weighted by molar-refractivity contribution is -0.141. The van der Waals surface area contributed by atoms with Crippen LogP contribution in [0.3, 0.4) is 0 Å². The monoisotopic (exact) mass is 203 g/mol. The molecule has 0 saturated carbocycles. The number of hydrogen-bond acceptors (Lipinski definition) is 5. The van der Waals surface area contributed by atoms with Crippen molar-refractivity contribution in [2.75, 3.05) is 31.8 Å². The predicted molar refractivity (Wildman–Crippen MR) is 50.4 cm³/mol. The fraction of sp³-hybridized carbons (Fsp3) is 0.750. The number of nitrogens with zero attached hydrogens (tertiary/aromatic N) is 1. The first-order valence-electron chi connectivity index (χ1n) is 3.90. The molecule has 0 aliphatic rings. The molecule has 13 heavy (non-hydrogen) atoms. The van der Waals surface area contributed by atoms with E-state index in [1.807, 2.05) is 6.07 Å². The van der Waals surface area contributed by atoms with Gasteiger partial charge in [0.15, 0.2) is 0 Å². The number of carbonyl (C=O) groups is 1. The first-order chi connectivity index (χ1) is 6.31. The highest BCUT2D eigenvalue weighted by molar-refractivity contribution is 7.99. The van der Waals surface area contributed by atoms with E-state index in [9.17, 15) is 4.79 Å². The van der Waals surface area contributed by atoms with Gasteiger partial charge in [-0.05, 0) is 0 Å². The third-order valence-electron chi connectivity index (χ3n) is 1.13. The fourth-order valence-corrected chi connectivity index (χ4v) is 1.18. The SMILES string of the molecule is COCCOC(=O)CSCCC#N. The smallest absolute Gasteiger partial charge is 0.315 e. The second-order valence-corrected chi connectivity index (χ2v) is 3.28. The highest BCUT2D eigenvalue weighted by Crippen LogP contribution is 2.01. The number of esters is 1. The number of rotatable bonds is 7. The average Bonchev–Trinajstić information content (AvgIpc) is 2.13. The lowest BCUT2D eigenvalue weighted by Gasteiger charge is -2.02. The third kappa shape index (κ3) is 9.18. The standard InChI is InChI=1S/C8H13NO3S/c1-11-4-5-12-8(10)7-13-6-2-3-9/h2,4-7H2,1H3. The molecule has 0 spiro atoms. The minimum atomic E-state index is -0.250. The summed E-state index contributed by atoms with van der Waals surface area (Å²) in [4.78, 5) is 10.9. The second kappa shape index (κ2) is 9.36. The minimum absolute atomic E-state index is 0.250. The third-order valence-corrected chi connectivity index (χ3v) is 2.06. The van der Waals surface area contributed by atoms with Crippen molar-refractivity contribution in [2.45, 2.75) is 6.42 Å². The van der Waals surface area contributed by atoms with Gasteiger partial charge in [-0.1, -0.05) is 0 Å². The van der Waals surface area contributed by atoms with Crippen molar-refractivity contribution in [3.05, 3.63) is 0 Å². The van der Waals surface area contributed by atoms with Gasteiger partial charge in [-0.15, -0.1) is 11.8 Å². The summed E-state index contributed by atoms with van der Waals surface area (Å²) in [6, 6.07) is 2.00. The van der Waals surface area contributed by atoms with E-state index in [2.05, 4.69) is 0 Å². The average molecular weight is 203 g/mol. The van der Waals surface area contributed by atoms with E-state index in [0.717, 1.165) is 0 Å². The van der Waals surface area contributed by atoms with E-state index in [4.69, 9.17) is 14.7 Å². The lowest BCUT2D eigenvalue weighted by Crippen LogP contribution is -2.11. The molecular weight excluding hydrogens is 190 g/mol. The number of ether oxygens (including phenoxy) is 2.